The van der Waals surface area contributed by atoms with Crippen LogP contribution in [0.25, 0.3) is 0 Å². The number of aromatic nitrogens is 2. The molecular weight excluding hydrogens is 396 g/mol. The number of hydrogen-bond donors (Lipinski definition) is 1. The third-order valence-corrected chi connectivity index (χ3v) is 6.51. The molecule has 1 atom stereocenters. The zero-order valence-corrected chi connectivity index (χ0v) is 17.2. The first kappa shape index (κ1) is 21.0. The number of carbonyl (C=O) groups is 1. The highest BCUT2D eigenvalue weighted by Gasteiger charge is 2.31. The highest BCUT2D eigenvalue weighted by atomic mass is 32.2. The summed E-state index contributed by atoms with van der Waals surface area (Å²) in [6.45, 7) is 2.66. The first-order valence-corrected chi connectivity index (χ1v) is 10.8. The monoisotopic (exact) mass is 420 g/mol. The van der Waals surface area contributed by atoms with Gasteiger partial charge in [0.25, 0.3) is 0 Å². The van der Waals surface area contributed by atoms with Crippen LogP contribution >= 0.6 is 0 Å². The lowest BCUT2D eigenvalue weighted by molar-refractivity contribution is 0.119. The smallest absolute Gasteiger partial charge is 0.411 e. The minimum atomic E-state index is -3.68. The zero-order chi connectivity index (χ0) is 20.9. The Hall–Kier alpha value is -2.72. The second kappa shape index (κ2) is 9.19. The van der Waals surface area contributed by atoms with Gasteiger partial charge < -0.3 is 9.47 Å². The number of anilines is 1. The predicted molar refractivity (Wildman–Crippen MR) is 106 cm³/mol. The van der Waals surface area contributed by atoms with Crippen LogP contribution < -0.4 is 10.1 Å². The van der Waals surface area contributed by atoms with E-state index in [1.54, 1.807) is 12.4 Å². The van der Waals surface area contributed by atoms with Gasteiger partial charge in [-0.05, 0) is 49.1 Å². The van der Waals surface area contributed by atoms with E-state index < -0.39 is 16.1 Å². The lowest BCUT2D eigenvalue weighted by Crippen LogP contribution is -2.44. The highest BCUT2D eigenvalue weighted by molar-refractivity contribution is 7.89. The van der Waals surface area contributed by atoms with Gasteiger partial charge in [0.15, 0.2) is 0 Å². The van der Waals surface area contributed by atoms with Gasteiger partial charge in [0.2, 0.25) is 10.0 Å². The first-order chi connectivity index (χ1) is 13.9. The maximum absolute atomic E-state index is 13.0. The number of benzene rings is 1. The Balaban J connectivity index is 1.67. The van der Waals surface area contributed by atoms with Crippen LogP contribution in [0.2, 0.25) is 0 Å². The summed E-state index contributed by atoms with van der Waals surface area (Å²) in [7, 11) is -2.42. The number of methoxy groups -OCH3 is 1. The fraction of sp³-hybridized carbons (Fsp3) is 0.421. The summed E-state index contributed by atoms with van der Waals surface area (Å²) in [4.78, 5) is 19.8. The number of sulfonamides is 1. The van der Waals surface area contributed by atoms with Crippen LogP contribution in [0.3, 0.4) is 0 Å². The average molecular weight is 420 g/mol. The molecule has 1 saturated heterocycles. The normalized spacial score (nSPS) is 17.5. The Bertz CT molecular complexity index is 932. The molecule has 1 aromatic carbocycles. The third-order valence-electron chi connectivity index (χ3n) is 4.63. The molecule has 2 aromatic rings. The Kier molecular flexibility index (Phi) is 6.65. The molecule has 1 N–H and O–H groups in total. The number of rotatable bonds is 6. The van der Waals surface area contributed by atoms with Crippen molar-refractivity contribution in [2.45, 2.75) is 37.2 Å². The standard InChI is InChI=1S/C19H24N4O5S/c1-3-14-11-20-18(21-12-14)28-16-5-4-10-23(13-16)29(25,26)17-8-6-15(7-9-17)22-19(24)27-2/h6-9,11-12,16H,3-5,10,13H2,1-2H3,(H,22,24). The molecule has 29 heavy (non-hydrogen) atoms. The SMILES string of the molecule is CCc1cnc(OC2CCCN(S(=O)(=O)c3ccc(NC(=O)OC)cc3)C2)nc1. The van der Waals surface area contributed by atoms with E-state index in [-0.39, 0.29) is 23.6 Å². The van der Waals surface area contributed by atoms with Gasteiger partial charge in [-0.2, -0.15) is 4.31 Å². The molecule has 2 heterocycles. The van der Waals surface area contributed by atoms with Crippen molar-refractivity contribution < 1.29 is 22.7 Å². The largest absolute Gasteiger partial charge is 0.459 e. The third kappa shape index (κ3) is 5.21. The fourth-order valence-corrected chi connectivity index (χ4v) is 4.49. The molecule has 1 unspecified atom stereocenters. The van der Waals surface area contributed by atoms with E-state index >= 15 is 0 Å². The topological polar surface area (TPSA) is 111 Å². The summed E-state index contributed by atoms with van der Waals surface area (Å²) in [5.74, 6) is 0. The number of nitrogens with zero attached hydrogens (tertiary/aromatic N) is 3. The van der Waals surface area contributed by atoms with Crippen LogP contribution in [0, 0.1) is 0 Å². The number of carbonyl (C=O) groups excluding carboxylic acids is 1. The van der Waals surface area contributed by atoms with Crippen molar-refractivity contribution in [1.82, 2.24) is 14.3 Å². The maximum atomic E-state index is 13.0. The van der Waals surface area contributed by atoms with Crippen molar-refractivity contribution in [3.63, 3.8) is 0 Å². The molecule has 1 fully saturated rings. The van der Waals surface area contributed by atoms with Crippen LogP contribution in [0.5, 0.6) is 6.01 Å². The predicted octanol–water partition coefficient (Wildman–Crippen LogP) is 2.45. The highest BCUT2D eigenvalue weighted by Crippen LogP contribution is 2.24. The average Bonchev–Trinajstić information content (AvgIpc) is 2.75. The maximum Gasteiger partial charge on any atom is 0.411 e. The summed E-state index contributed by atoms with van der Waals surface area (Å²) in [5, 5.41) is 2.49. The minimum Gasteiger partial charge on any atom is -0.459 e. The second-order valence-electron chi connectivity index (χ2n) is 6.61. The number of hydrogen-bond acceptors (Lipinski definition) is 7. The molecule has 0 radical (unpaired) electrons. The number of nitrogens with one attached hydrogen (secondary N) is 1. The quantitative estimate of drug-likeness (QED) is 0.764. The summed E-state index contributed by atoms with van der Waals surface area (Å²) < 4.78 is 37.7. The van der Waals surface area contributed by atoms with Crippen molar-refractivity contribution in [2.24, 2.45) is 0 Å². The van der Waals surface area contributed by atoms with Crippen LogP contribution in [0.4, 0.5) is 10.5 Å². The molecule has 1 amide bonds. The van der Waals surface area contributed by atoms with Gasteiger partial charge in [-0.15, -0.1) is 0 Å². The van der Waals surface area contributed by atoms with Gasteiger partial charge in [0.1, 0.15) is 6.10 Å². The Labute approximate surface area is 170 Å². The van der Waals surface area contributed by atoms with Crippen molar-refractivity contribution in [3.8, 4) is 6.01 Å². The molecule has 0 saturated carbocycles. The van der Waals surface area contributed by atoms with E-state index in [0.717, 1.165) is 18.4 Å². The lowest BCUT2D eigenvalue weighted by atomic mass is 10.1. The lowest BCUT2D eigenvalue weighted by Gasteiger charge is -2.31. The summed E-state index contributed by atoms with van der Waals surface area (Å²) in [6, 6.07) is 6.20. The van der Waals surface area contributed by atoms with Crippen molar-refractivity contribution in [2.75, 3.05) is 25.5 Å². The van der Waals surface area contributed by atoms with E-state index in [9.17, 15) is 13.2 Å². The van der Waals surface area contributed by atoms with E-state index in [4.69, 9.17) is 4.74 Å². The van der Waals surface area contributed by atoms with Crippen LogP contribution in [-0.2, 0) is 21.2 Å². The fourth-order valence-electron chi connectivity index (χ4n) is 2.98. The molecule has 1 aliphatic rings. The molecule has 1 aromatic heterocycles. The van der Waals surface area contributed by atoms with E-state index in [0.29, 0.717) is 18.7 Å². The summed E-state index contributed by atoms with van der Waals surface area (Å²) in [5.41, 5.74) is 1.46. The van der Waals surface area contributed by atoms with E-state index in [1.165, 1.54) is 35.7 Å². The molecular formula is C19H24N4O5S. The molecule has 9 nitrogen and oxygen atoms in total. The molecule has 156 valence electrons. The van der Waals surface area contributed by atoms with Gasteiger partial charge in [-0.25, -0.2) is 23.2 Å². The van der Waals surface area contributed by atoms with Crippen molar-refractivity contribution >= 4 is 21.8 Å². The van der Waals surface area contributed by atoms with Crippen LogP contribution in [-0.4, -0.2) is 55.1 Å². The second-order valence-corrected chi connectivity index (χ2v) is 8.55. The van der Waals surface area contributed by atoms with Gasteiger partial charge in [0, 0.05) is 24.6 Å². The van der Waals surface area contributed by atoms with Gasteiger partial charge in [0.05, 0.1) is 18.6 Å². The van der Waals surface area contributed by atoms with E-state index in [1.807, 2.05) is 6.92 Å². The van der Waals surface area contributed by atoms with Gasteiger partial charge >= 0.3 is 12.1 Å². The van der Waals surface area contributed by atoms with Gasteiger partial charge in [-0.3, -0.25) is 5.32 Å². The minimum absolute atomic E-state index is 0.150. The van der Waals surface area contributed by atoms with Crippen molar-refractivity contribution in [1.29, 1.82) is 0 Å². The van der Waals surface area contributed by atoms with Crippen LogP contribution in [0.15, 0.2) is 41.6 Å². The number of piperidine rings is 1. The number of amides is 1. The summed E-state index contributed by atoms with van der Waals surface area (Å²) in [6.07, 6.45) is 4.74. The zero-order valence-electron chi connectivity index (χ0n) is 16.4. The van der Waals surface area contributed by atoms with E-state index in [2.05, 4.69) is 20.0 Å². The Morgan fingerprint density at radius 3 is 2.55 bits per heavy atom. The molecule has 3 rings (SSSR count). The molecule has 0 spiro atoms. The Morgan fingerprint density at radius 2 is 1.93 bits per heavy atom. The molecule has 1 aliphatic heterocycles. The number of ether oxygens (including phenoxy) is 2. The molecule has 10 heteroatoms. The number of aryl methyl sites for hydroxylation is 1. The van der Waals surface area contributed by atoms with Gasteiger partial charge in [-0.1, -0.05) is 6.92 Å². The van der Waals surface area contributed by atoms with Crippen LogP contribution in [0.1, 0.15) is 25.3 Å². The molecule has 0 bridgehead atoms. The Morgan fingerprint density at radius 1 is 1.24 bits per heavy atom. The van der Waals surface area contributed by atoms with Crippen molar-refractivity contribution in [3.05, 3.63) is 42.2 Å². The first-order valence-electron chi connectivity index (χ1n) is 9.35. The molecule has 0 aliphatic carbocycles. The summed E-state index contributed by atoms with van der Waals surface area (Å²) >= 11 is 0.